The maximum absolute atomic E-state index is 16.4. The van der Waals surface area contributed by atoms with Gasteiger partial charge in [0.25, 0.3) is 5.91 Å². The van der Waals surface area contributed by atoms with E-state index in [9.17, 15) is 18.0 Å². The molecular formula is C40H42F4N8O2. The van der Waals surface area contributed by atoms with Crippen LogP contribution in [-0.2, 0) is 11.2 Å². The van der Waals surface area contributed by atoms with E-state index in [1.807, 2.05) is 13.0 Å². The summed E-state index contributed by atoms with van der Waals surface area (Å²) in [6, 6.07) is 10.2. The van der Waals surface area contributed by atoms with Gasteiger partial charge >= 0.3 is 6.01 Å². The molecule has 3 aliphatic rings. The van der Waals surface area contributed by atoms with Crippen molar-refractivity contribution in [1.29, 1.82) is 0 Å². The molecule has 3 aromatic heterocycles. The van der Waals surface area contributed by atoms with Crippen LogP contribution in [0.1, 0.15) is 49.7 Å². The molecule has 3 saturated heterocycles. The highest BCUT2D eigenvalue weighted by Gasteiger charge is 2.35. The van der Waals surface area contributed by atoms with Gasteiger partial charge < -0.3 is 14.5 Å². The Hall–Kier alpha value is -5.24. The first-order valence-corrected chi connectivity index (χ1v) is 18.2. The monoisotopic (exact) mass is 742 g/mol. The number of hydrogen-bond acceptors (Lipinski definition) is 9. The Kier molecular flexibility index (Phi) is 10.7. The van der Waals surface area contributed by atoms with Crippen LogP contribution in [0, 0.1) is 18.6 Å². The van der Waals surface area contributed by atoms with Crippen LogP contribution in [-0.4, -0.2) is 99.2 Å². The van der Waals surface area contributed by atoms with Crippen molar-refractivity contribution in [2.75, 3.05) is 45.2 Å². The zero-order chi connectivity index (χ0) is 38.1. The zero-order valence-corrected chi connectivity index (χ0v) is 30.7. The third kappa shape index (κ3) is 7.31. The van der Waals surface area contributed by atoms with Crippen molar-refractivity contribution in [1.82, 2.24) is 34.7 Å². The molecule has 5 aromatic rings. The lowest BCUT2D eigenvalue weighted by Crippen LogP contribution is -2.37. The van der Waals surface area contributed by atoms with Gasteiger partial charge in [-0.05, 0) is 74.0 Å². The minimum absolute atomic E-state index is 0.0137. The summed E-state index contributed by atoms with van der Waals surface area (Å²) in [5, 5.41) is 1.69. The molecule has 14 heteroatoms. The number of likely N-dealkylation sites (tertiary alicyclic amines) is 1. The summed E-state index contributed by atoms with van der Waals surface area (Å²) < 4.78 is 64.0. The smallest absolute Gasteiger partial charge is 0.318 e. The predicted octanol–water partition coefficient (Wildman–Crippen LogP) is 7.03. The number of carbonyl (C=O) groups is 1. The molecule has 3 aliphatic heterocycles. The number of rotatable bonds is 7. The van der Waals surface area contributed by atoms with Crippen molar-refractivity contribution in [3.05, 3.63) is 83.3 Å². The molecule has 54 heavy (non-hydrogen) atoms. The van der Waals surface area contributed by atoms with Gasteiger partial charge in [-0.15, -0.1) is 0 Å². The van der Waals surface area contributed by atoms with Gasteiger partial charge in [-0.25, -0.2) is 27.5 Å². The lowest BCUT2D eigenvalue weighted by molar-refractivity contribution is -0.127. The van der Waals surface area contributed by atoms with E-state index in [1.54, 1.807) is 37.1 Å². The molecule has 8 rings (SSSR count). The van der Waals surface area contributed by atoms with Crippen LogP contribution in [0.3, 0.4) is 0 Å². The predicted molar refractivity (Wildman–Crippen MR) is 199 cm³/mol. The highest BCUT2D eigenvalue weighted by Crippen LogP contribution is 2.37. The summed E-state index contributed by atoms with van der Waals surface area (Å²) in [6.07, 6.45) is 7.83. The van der Waals surface area contributed by atoms with Crippen molar-refractivity contribution in [3.63, 3.8) is 0 Å². The van der Waals surface area contributed by atoms with Crippen molar-refractivity contribution >= 4 is 39.5 Å². The number of nitrogens with zero attached hydrogens (tertiary/aromatic N) is 8. The first kappa shape index (κ1) is 37.1. The van der Waals surface area contributed by atoms with Gasteiger partial charge in [-0.1, -0.05) is 31.2 Å². The van der Waals surface area contributed by atoms with E-state index in [4.69, 9.17) is 4.74 Å². The van der Waals surface area contributed by atoms with Gasteiger partial charge in [0, 0.05) is 62.8 Å². The SMILES string of the molecule is CCc1c(F)ccc2cccc(-c3ncc4c(N(C)C5CCN(C(=O)/C(F)=C/c6ccnc(C)n6)C5)nc(OC)nc4c3F)c12.FC1CC2CCCN2C1. The van der Waals surface area contributed by atoms with Crippen molar-refractivity contribution < 1.29 is 27.1 Å². The standard InChI is InChI=1S/C33H30F3N7O2.C7H12FN/c1-5-22-25(34)10-9-19-7-6-8-23(27(19)22)29-28(36)30-24(16-38-29)31(41-33(40-30)45-4)42(3)21-12-14-43(17-21)32(44)26(35)15-20-11-13-37-18(2)39-20;8-6-4-7-2-1-3-9(7)5-6/h6-11,13,15-16,21H,5,12,14,17H2,1-4H3;6-7H,1-5H2/b26-15-;. The van der Waals surface area contributed by atoms with E-state index in [2.05, 4.69) is 29.8 Å². The third-order valence-electron chi connectivity index (χ3n) is 10.6. The Morgan fingerprint density at radius 2 is 1.89 bits per heavy atom. The summed E-state index contributed by atoms with van der Waals surface area (Å²) in [5.74, 6) is -1.92. The number of alkyl halides is 1. The summed E-state index contributed by atoms with van der Waals surface area (Å²) >= 11 is 0. The average Bonchev–Trinajstić information content (AvgIpc) is 3.92. The Morgan fingerprint density at radius 1 is 1.06 bits per heavy atom. The number of aromatic nitrogens is 5. The molecule has 0 saturated carbocycles. The number of ether oxygens (including phenoxy) is 1. The molecule has 2 aromatic carbocycles. The number of benzene rings is 2. The molecule has 0 spiro atoms. The fourth-order valence-corrected chi connectivity index (χ4v) is 7.88. The van der Waals surface area contributed by atoms with E-state index < -0.39 is 23.7 Å². The Morgan fingerprint density at radius 3 is 2.65 bits per heavy atom. The Labute approximate surface area is 310 Å². The molecule has 3 unspecified atom stereocenters. The van der Waals surface area contributed by atoms with Crippen LogP contribution >= 0.6 is 0 Å². The second kappa shape index (κ2) is 15.6. The Bertz CT molecular complexity index is 2220. The van der Waals surface area contributed by atoms with Crippen molar-refractivity contribution in [3.8, 4) is 17.3 Å². The highest BCUT2D eigenvalue weighted by atomic mass is 19.1. The first-order valence-electron chi connectivity index (χ1n) is 18.2. The molecule has 6 heterocycles. The fourth-order valence-electron chi connectivity index (χ4n) is 7.88. The summed E-state index contributed by atoms with van der Waals surface area (Å²) in [5.41, 5.74) is 1.24. The van der Waals surface area contributed by atoms with Gasteiger partial charge in [0.1, 0.15) is 34.8 Å². The quantitative estimate of drug-likeness (QED) is 0.129. The number of pyridine rings is 1. The molecular weight excluding hydrogens is 700 g/mol. The maximum atomic E-state index is 16.4. The Balaban J connectivity index is 0.000000433. The second-order valence-corrected chi connectivity index (χ2v) is 13.9. The number of methoxy groups -OCH3 is 1. The molecule has 3 fully saturated rings. The largest absolute Gasteiger partial charge is 0.467 e. The molecule has 10 nitrogen and oxygen atoms in total. The van der Waals surface area contributed by atoms with Crippen LogP contribution < -0.4 is 9.64 Å². The number of hydrogen-bond donors (Lipinski definition) is 0. The number of likely N-dealkylation sites (N-methyl/N-ethyl adjacent to an activating group) is 1. The van der Waals surface area contributed by atoms with Crippen molar-refractivity contribution in [2.24, 2.45) is 0 Å². The lowest BCUT2D eigenvalue weighted by atomic mass is 9.95. The molecule has 0 N–H and O–H groups in total. The number of anilines is 1. The molecule has 282 valence electrons. The minimum Gasteiger partial charge on any atom is -0.467 e. The average molecular weight is 743 g/mol. The number of carbonyl (C=O) groups excluding carboxylic acids is 1. The van der Waals surface area contributed by atoms with Crippen molar-refractivity contribution in [2.45, 2.75) is 64.2 Å². The number of fused-ring (bicyclic) bond motifs is 3. The fraction of sp³-hybridized carbons (Fsp3) is 0.400. The van der Waals surface area contributed by atoms with E-state index in [-0.39, 0.29) is 35.6 Å². The summed E-state index contributed by atoms with van der Waals surface area (Å²) in [6.45, 7) is 5.91. The topological polar surface area (TPSA) is 100 Å². The minimum atomic E-state index is -0.927. The molecule has 3 atom stereocenters. The van der Waals surface area contributed by atoms with Gasteiger partial charge in [-0.2, -0.15) is 9.97 Å². The van der Waals surface area contributed by atoms with E-state index in [0.717, 1.165) is 24.4 Å². The van der Waals surface area contributed by atoms with Gasteiger partial charge in [0.15, 0.2) is 11.6 Å². The zero-order valence-electron chi connectivity index (χ0n) is 30.7. The summed E-state index contributed by atoms with van der Waals surface area (Å²) in [4.78, 5) is 39.8. The van der Waals surface area contributed by atoms with Crippen LogP contribution in [0.15, 0.2) is 54.6 Å². The first-order chi connectivity index (χ1) is 26.1. The lowest BCUT2D eigenvalue weighted by Gasteiger charge is -2.27. The molecule has 1 amide bonds. The van der Waals surface area contributed by atoms with E-state index in [1.165, 1.54) is 49.4 Å². The van der Waals surface area contributed by atoms with Crippen LogP contribution in [0.5, 0.6) is 6.01 Å². The third-order valence-corrected chi connectivity index (χ3v) is 10.6. The van der Waals surface area contributed by atoms with E-state index >= 15 is 4.39 Å². The molecule has 0 radical (unpaired) electrons. The molecule has 0 aliphatic carbocycles. The maximum Gasteiger partial charge on any atom is 0.318 e. The summed E-state index contributed by atoms with van der Waals surface area (Å²) in [7, 11) is 3.15. The normalized spacial score (nSPS) is 20.0. The van der Waals surface area contributed by atoms with Crippen LogP contribution in [0.4, 0.5) is 23.4 Å². The van der Waals surface area contributed by atoms with Crippen LogP contribution in [0.25, 0.3) is 39.0 Å². The number of aryl methyl sites for hydroxylation is 2. The second-order valence-electron chi connectivity index (χ2n) is 13.9. The van der Waals surface area contributed by atoms with Gasteiger partial charge in [0.05, 0.1) is 18.2 Å². The highest BCUT2D eigenvalue weighted by molar-refractivity contribution is 6.01. The number of halogens is 4. The van der Waals surface area contributed by atoms with Crippen LogP contribution in [0.2, 0.25) is 0 Å². The van der Waals surface area contributed by atoms with Gasteiger partial charge in [-0.3, -0.25) is 14.7 Å². The van der Waals surface area contributed by atoms with Gasteiger partial charge in [0.2, 0.25) is 0 Å². The molecule has 0 bridgehead atoms. The number of amides is 1. The van der Waals surface area contributed by atoms with E-state index in [0.29, 0.717) is 71.2 Å².